The number of nitrogens with one attached hydrogen (secondary N) is 1. The molecule has 4 saturated carbocycles. The molecule has 9 heteroatoms. The summed E-state index contributed by atoms with van der Waals surface area (Å²) < 4.78 is 13.4. The van der Waals surface area contributed by atoms with Crippen LogP contribution < -0.4 is 15.8 Å². The molecule has 3 unspecified atom stereocenters. The van der Waals surface area contributed by atoms with E-state index in [1.807, 2.05) is 13.8 Å². The fourth-order valence-corrected chi connectivity index (χ4v) is 6.13. The third-order valence-corrected chi connectivity index (χ3v) is 7.84. The maximum atomic E-state index is 13.4. The molecule has 180 valence electrons. The van der Waals surface area contributed by atoms with Crippen molar-refractivity contribution in [1.82, 2.24) is 15.1 Å². The highest BCUT2D eigenvalue weighted by Gasteiger charge is 2.76. The highest BCUT2D eigenvalue weighted by atomic mass is 16.6. The number of hydrogen-bond acceptors (Lipinski definition) is 6. The first-order chi connectivity index (χ1) is 15.4. The van der Waals surface area contributed by atoms with Crippen molar-refractivity contribution in [2.45, 2.75) is 76.7 Å². The topological polar surface area (TPSA) is 132 Å². The third-order valence-electron chi connectivity index (χ3n) is 7.84. The van der Waals surface area contributed by atoms with Crippen LogP contribution >= 0.6 is 0 Å². The molecule has 1 aliphatic heterocycles. The van der Waals surface area contributed by atoms with Gasteiger partial charge in [0.1, 0.15) is 11.7 Å². The van der Waals surface area contributed by atoms with Crippen molar-refractivity contribution in [3.63, 3.8) is 0 Å². The SMILES string of the molecule is CC(C)COc1c(C(=O)NC2C3CC4(O)CC2CC2(C3)OC42)cnn1/C=C/C(C)(C)C(N)=O. The van der Waals surface area contributed by atoms with Crippen LogP contribution in [0.15, 0.2) is 12.3 Å². The fourth-order valence-electron chi connectivity index (χ4n) is 6.13. The van der Waals surface area contributed by atoms with Gasteiger partial charge in [0.15, 0.2) is 0 Å². The van der Waals surface area contributed by atoms with Crippen LogP contribution in [0.3, 0.4) is 0 Å². The van der Waals surface area contributed by atoms with Gasteiger partial charge in [0.05, 0.1) is 29.4 Å². The number of carbonyl (C=O) groups is 2. The summed E-state index contributed by atoms with van der Waals surface area (Å²) in [4.78, 5) is 25.0. The second-order valence-electron chi connectivity index (χ2n) is 11.4. The van der Waals surface area contributed by atoms with Crippen molar-refractivity contribution < 1.29 is 24.2 Å². The summed E-state index contributed by atoms with van der Waals surface area (Å²) in [5.41, 5.74) is 4.06. The minimum absolute atomic E-state index is 0.000754. The predicted molar refractivity (Wildman–Crippen MR) is 120 cm³/mol. The van der Waals surface area contributed by atoms with Gasteiger partial charge in [-0.1, -0.05) is 19.9 Å². The van der Waals surface area contributed by atoms with Gasteiger partial charge in [-0.3, -0.25) is 9.59 Å². The lowest BCUT2D eigenvalue weighted by Gasteiger charge is -2.55. The molecule has 1 spiro atoms. The van der Waals surface area contributed by atoms with Gasteiger partial charge >= 0.3 is 0 Å². The lowest BCUT2D eigenvalue weighted by Crippen LogP contribution is -2.65. The van der Waals surface area contributed by atoms with Crippen molar-refractivity contribution in [3.05, 3.63) is 17.8 Å². The number of aromatic nitrogens is 2. The van der Waals surface area contributed by atoms with Gasteiger partial charge < -0.3 is 25.6 Å². The molecule has 6 rings (SSSR count). The summed E-state index contributed by atoms with van der Waals surface area (Å²) in [6.45, 7) is 7.90. The molecule has 0 aromatic carbocycles. The van der Waals surface area contributed by atoms with Crippen LogP contribution in [0.5, 0.6) is 5.88 Å². The minimum atomic E-state index is -0.869. The van der Waals surface area contributed by atoms with E-state index in [-0.39, 0.29) is 41.4 Å². The van der Waals surface area contributed by atoms with Crippen LogP contribution in [-0.4, -0.2) is 56.7 Å². The number of aliphatic hydroxyl groups is 1. The number of epoxide rings is 1. The molecule has 3 atom stereocenters. The Hall–Kier alpha value is -2.39. The van der Waals surface area contributed by atoms with E-state index in [2.05, 4.69) is 10.4 Å². The van der Waals surface area contributed by atoms with Gasteiger partial charge in [0.2, 0.25) is 11.8 Å². The maximum Gasteiger partial charge on any atom is 0.258 e. The largest absolute Gasteiger partial charge is 0.477 e. The standard InChI is InChI=1S/C24H34N4O5/c1-13(2)12-32-19-16(11-26-28(19)6-5-22(3,4)21(25)30)18(29)27-17-14-7-23(31)8-15(17)10-24(9-14)20(23)33-24/h5-6,11,13-15,17,20,31H,7-10,12H2,1-4H3,(H2,25,30)(H,27,29)/b6-5+. The third kappa shape index (κ3) is 3.65. The molecule has 4 aliphatic carbocycles. The minimum Gasteiger partial charge on any atom is -0.477 e. The van der Waals surface area contributed by atoms with E-state index in [0.717, 1.165) is 12.8 Å². The van der Waals surface area contributed by atoms with E-state index >= 15 is 0 Å². The number of amides is 2. The van der Waals surface area contributed by atoms with Crippen LogP contribution in [0, 0.1) is 23.2 Å². The molecular weight excluding hydrogens is 424 g/mol. The Kier molecular flexibility index (Phi) is 4.96. The average Bonchev–Trinajstić information content (AvgIpc) is 3.30. The van der Waals surface area contributed by atoms with E-state index in [1.54, 1.807) is 26.1 Å². The van der Waals surface area contributed by atoms with Crippen LogP contribution in [-0.2, 0) is 9.53 Å². The zero-order chi connectivity index (χ0) is 23.8. The number of carbonyl (C=O) groups excluding carboxylic acids is 2. The summed E-state index contributed by atoms with van der Waals surface area (Å²) in [5, 5.41) is 18.5. The van der Waals surface area contributed by atoms with Gasteiger partial charge in [-0.05, 0) is 57.3 Å². The summed E-state index contributed by atoms with van der Waals surface area (Å²) in [7, 11) is 0. The molecule has 4 bridgehead atoms. The van der Waals surface area contributed by atoms with E-state index in [0.29, 0.717) is 30.9 Å². The maximum absolute atomic E-state index is 13.4. The second kappa shape index (κ2) is 7.30. The van der Waals surface area contributed by atoms with Crippen molar-refractivity contribution in [2.24, 2.45) is 28.9 Å². The summed E-state index contributed by atoms with van der Waals surface area (Å²) in [5.74, 6) is 0.305. The summed E-state index contributed by atoms with van der Waals surface area (Å²) in [6.07, 6.45) is 7.86. The Balaban J connectivity index is 1.36. The molecule has 2 heterocycles. The molecule has 0 radical (unpaired) electrons. The number of hydrogen-bond donors (Lipinski definition) is 3. The average molecular weight is 459 g/mol. The lowest BCUT2D eigenvalue weighted by molar-refractivity contribution is -0.123. The molecule has 1 saturated heterocycles. The Morgan fingerprint density at radius 1 is 1.36 bits per heavy atom. The number of nitrogens with zero attached hydrogens (tertiary/aromatic N) is 2. The molecule has 1 aromatic heterocycles. The first-order valence-electron chi connectivity index (χ1n) is 11.8. The summed E-state index contributed by atoms with van der Waals surface area (Å²) in [6, 6.07) is -0.000754. The lowest BCUT2D eigenvalue weighted by atomic mass is 9.52. The van der Waals surface area contributed by atoms with Gasteiger partial charge in [-0.25, -0.2) is 4.68 Å². The zero-order valence-corrected chi connectivity index (χ0v) is 19.7. The highest BCUT2D eigenvalue weighted by Crippen LogP contribution is 2.67. The number of rotatable bonds is 8. The molecule has 33 heavy (non-hydrogen) atoms. The van der Waals surface area contributed by atoms with E-state index in [9.17, 15) is 14.7 Å². The predicted octanol–water partition coefficient (Wildman–Crippen LogP) is 1.70. The number of primary amides is 1. The van der Waals surface area contributed by atoms with Crippen molar-refractivity contribution in [1.29, 1.82) is 0 Å². The number of nitrogens with two attached hydrogens (primary N) is 1. The van der Waals surface area contributed by atoms with Gasteiger partial charge in [-0.2, -0.15) is 5.10 Å². The Morgan fingerprint density at radius 3 is 2.61 bits per heavy atom. The van der Waals surface area contributed by atoms with Crippen LogP contribution in [0.4, 0.5) is 0 Å². The van der Waals surface area contributed by atoms with Crippen molar-refractivity contribution in [2.75, 3.05) is 6.61 Å². The first-order valence-corrected chi connectivity index (χ1v) is 11.8. The number of ether oxygens (including phenoxy) is 2. The van der Waals surface area contributed by atoms with Gasteiger partial charge in [-0.15, -0.1) is 0 Å². The smallest absolute Gasteiger partial charge is 0.258 e. The van der Waals surface area contributed by atoms with E-state index in [4.69, 9.17) is 15.2 Å². The Bertz CT molecular complexity index is 996. The van der Waals surface area contributed by atoms with Crippen molar-refractivity contribution in [3.8, 4) is 5.88 Å². The monoisotopic (exact) mass is 458 g/mol. The normalized spacial score (nSPS) is 36.3. The van der Waals surface area contributed by atoms with Crippen LogP contribution in [0.1, 0.15) is 63.7 Å². The Morgan fingerprint density at radius 2 is 2.03 bits per heavy atom. The molecule has 4 N–H and O–H groups in total. The zero-order valence-electron chi connectivity index (χ0n) is 19.7. The molecular formula is C24H34N4O5. The van der Waals surface area contributed by atoms with Gasteiger partial charge in [0.25, 0.3) is 5.91 Å². The molecule has 5 fully saturated rings. The van der Waals surface area contributed by atoms with E-state index in [1.165, 1.54) is 10.9 Å². The fraction of sp³-hybridized carbons (Fsp3) is 0.708. The quantitative estimate of drug-likeness (QED) is 0.508. The van der Waals surface area contributed by atoms with Crippen molar-refractivity contribution >= 4 is 18.0 Å². The molecule has 9 nitrogen and oxygen atoms in total. The summed E-state index contributed by atoms with van der Waals surface area (Å²) >= 11 is 0. The van der Waals surface area contributed by atoms with E-state index < -0.39 is 16.9 Å². The first kappa shape index (κ1) is 22.4. The Labute approximate surface area is 193 Å². The second-order valence-corrected chi connectivity index (χ2v) is 11.4. The molecule has 1 aromatic rings. The van der Waals surface area contributed by atoms with Gasteiger partial charge in [0, 0.05) is 12.2 Å². The van der Waals surface area contributed by atoms with Crippen LogP contribution in [0.25, 0.3) is 6.20 Å². The molecule has 5 aliphatic rings. The molecule has 2 amide bonds. The highest BCUT2D eigenvalue weighted by molar-refractivity contribution is 5.96. The van der Waals surface area contributed by atoms with Crippen LogP contribution in [0.2, 0.25) is 0 Å².